The zero-order valence-electron chi connectivity index (χ0n) is 11.9. The molecule has 0 fully saturated rings. The molecule has 0 radical (unpaired) electrons. The molecular weight excluding hydrogens is 300 g/mol. The molecule has 0 aromatic heterocycles. The van der Waals surface area contributed by atoms with E-state index < -0.39 is 10.2 Å². The molecule has 2 aromatic rings. The summed E-state index contributed by atoms with van der Waals surface area (Å²) in [6.07, 6.45) is 0.549. The van der Waals surface area contributed by atoms with E-state index in [1.54, 1.807) is 0 Å². The van der Waals surface area contributed by atoms with Crippen LogP contribution in [-0.4, -0.2) is 19.3 Å². The van der Waals surface area contributed by atoms with Gasteiger partial charge >= 0.3 is 10.2 Å². The van der Waals surface area contributed by atoms with Crippen molar-refractivity contribution in [3.8, 4) is 0 Å². The van der Waals surface area contributed by atoms with Gasteiger partial charge in [-0.3, -0.25) is 0 Å². The van der Waals surface area contributed by atoms with Crippen LogP contribution in [0, 0.1) is 0 Å². The van der Waals surface area contributed by atoms with E-state index in [4.69, 9.17) is 5.53 Å². The van der Waals surface area contributed by atoms with E-state index in [9.17, 15) is 8.42 Å². The first-order chi connectivity index (χ1) is 10.6. The zero-order valence-corrected chi connectivity index (χ0v) is 12.7. The predicted molar refractivity (Wildman–Crippen MR) is 85.1 cm³/mol. The van der Waals surface area contributed by atoms with E-state index in [1.165, 1.54) is 4.31 Å². The van der Waals surface area contributed by atoms with E-state index >= 15 is 0 Å². The summed E-state index contributed by atoms with van der Waals surface area (Å²) in [6.45, 7) is 0.426. The number of hydrogen-bond donors (Lipinski definition) is 0. The average Bonchev–Trinajstić information content (AvgIpc) is 2.53. The van der Waals surface area contributed by atoms with Crippen molar-refractivity contribution in [3.05, 3.63) is 82.2 Å². The van der Waals surface area contributed by atoms with Crippen molar-refractivity contribution >= 4 is 10.2 Å². The Labute approximate surface area is 129 Å². The van der Waals surface area contributed by atoms with Crippen LogP contribution in [-0.2, 0) is 23.2 Å². The van der Waals surface area contributed by atoms with Gasteiger partial charge in [0.1, 0.15) is 0 Å². The molecular formula is C15H16N4O2S. The summed E-state index contributed by atoms with van der Waals surface area (Å²) in [5.41, 5.74) is 10.3. The standard InChI is InChI=1S/C15H16N4O2S/c16-17-18-22(20,21)19(13-15-9-5-2-6-10-15)12-11-14-7-3-1-4-8-14/h1-10H,11-13H2. The minimum absolute atomic E-state index is 0.176. The molecule has 0 spiro atoms. The highest BCUT2D eigenvalue weighted by Crippen LogP contribution is 2.12. The first-order valence-electron chi connectivity index (χ1n) is 6.76. The molecule has 0 unspecified atom stereocenters. The molecule has 0 heterocycles. The quantitative estimate of drug-likeness (QED) is 0.446. The van der Waals surface area contributed by atoms with Gasteiger partial charge in [0.05, 0.1) is 0 Å². The summed E-state index contributed by atoms with van der Waals surface area (Å²) in [4.78, 5) is 2.42. The Kier molecular flexibility index (Phi) is 5.55. The Morgan fingerprint density at radius 1 is 0.955 bits per heavy atom. The summed E-state index contributed by atoms with van der Waals surface area (Å²) in [7, 11) is -4.00. The monoisotopic (exact) mass is 316 g/mol. The van der Waals surface area contributed by atoms with Gasteiger partial charge in [-0.1, -0.05) is 60.7 Å². The lowest BCUT2D eigenvalue weighted by Crippen LogP contribution is -2.30. The molecule has 2 aromatic carbocycles. The van der Waals surface area contributed by atoms with Gasteiger partial charge in [-0.05, 0) is 23.1 Å². The molecule has 0 bridgehead atoms. The fourth-order valence-corrected chi connectivity index (χ4v) is 2.89. The van der Waals surface area contributed by atoms with E-state index in [-0.39, 0.29) is 13.1 Å². The van der Waals surface area contributed by atoms with Gasteiger partial charge in [0.15, 0.2) is 0 Å². The smallest absolute Gasteiger partial charge is 0.204 e. The first kappa shape index (κ1) is 16.0. The Morgan fingerprint density at radius 2 is 1.50 bits per heavy atom. The van der Waals surface area contributed by atoms with E-state index in [0.29, 0.717) is 6.42 Å². The van der Waals surface area contributed by atoms with Crippen LogP contribution < -0.4 is 0 Å². The second-order valence-corrected chi connectivity index (χ2v) is 6.28. The van der Waals surface area contributed by atoms with Crippen molar-refractivity contribution in [2.24, 2.45) is 4.52 Å². The van der Waals surface area contributed by atoms with Gasteiger partial charge in [-0.2, -0.15) is 4.31 Å². The van der Waals surface area contributed by atoms with Crippen molar-refractivity contribution in [1.29, 1.82) is 0 Å². The van der Waals surface area contributed by atoms with Gasteiger partial charge in [-0.15, -0.1) is 0 Å². The van der Waals surface area contributed by atoms with Crippen LogP contribution in [0.1, 0.15) is 11.1 Å². The molecule has 0 saturated carbocycles. The molecule has 0 aliphatic carbocycles. The van der Waals surface area contributed by atoms with Crippen molar-refractivity contribution in [3.63, 3.8) is 0 Å². The van der Waals surface area contributed by atoms with Crippen LogP contribution in [0.15, 0.2) is 65.2 Å². The van der Waals surface area contributed by atoms with Gasteiger partial charge < -0.3 is 0 Å². The van der Waals surface area contributed by atoms with Gasteiger partial charge in [0.25, 0.3) is 0 Å². The average molecular weight is 316 g/mol. The molecule has 2 rings (SSSR count). The van der Waals surface area contributed by atoms with E-state index in [1.807, 2.05) is 60.7 Å². The van der Waals surface area contributed by atoms with Crippen molar-refractivity contribution in [1.82, 2.24) is 4.31 Å². The second-order valence-electron chi connectivity index (χ2n) is 4.70. The number of hydrogen-bond acceptors (Lipinski definition) is 2. The largest absolute Gasteiger partial charge is 0.302 e. The Morgan fingerprint density at radius 3 is 2.05 bits per heavy atom. The van der Waals surface area contributed by atoms with Crippen LogP contribution in [0.4, 0.5) is 0 Å². The summed E-state index contributed by atoms with van der Waals surface area (Å²) in [5, 5.41) is 0. The van der Waals surface area contributed by atoms with E-state index in [0.717, 1.165) is 11.1 Å². The lowest BCUT2D eigenvalue weighted by Gasteiger charge is -2.19. The van der Waals surface area contributed by atoms with Gasteiger partial charge in [0, 0.05) is 22.5 Å². The molecule has 0 saturated heterocycles. The summed E-state index contributed by atoms with van der Waals surface area (Å²) >= 11 is 0. The molecule has 0 N–H and O–H groups in total. The summed E-state index contributed by atoms with van der Waals surface area (Å²) in [6, 6.07) is 18.8. The lowest BCUT2D eigenvalue weighted by molar-refractivity contribution is 0.410. The minimum atomic E-state index is -4.00. The van der Waals surface area contributed by atoms with E-state index in [2.05, 4.69) is 9.43 Å². The highest BCUT2D eigenvalue weighted by Gasteiger charge is 2.20. The van der Waals surface area contributed by atoms with Gasteiger partial charge in [0.2, 0.25) is 0 Å². The molecule has 22 heavy (non-hydrogen) atoms. The molecule has 6 nitrogen and oxygen atoms in total. The lowest BCUT2D eigenvalue weighted by atomic mass is 10.1. The van der Waals surface area contributed by atoms with Crippen LogP contribution >= 0.6 is 0 Å². The normalized spacial score (nSPS) is 11.1. The third-order valence-electron chi connectivity index (χ3n) is 3.16. The maximum Gasteiger partial charge on any atom is 0.302 e. The van der Waals surface area contributed by atoms with Crippen LogP contribution in [0.5, 0.6) is 0 Å². The molecule has 114 valence electrons. The number of azide groups is 1. The van der Waals surface area contributed by atoms with Crippen LogP contribution in [0.25, 0.3) is 10.4 Å². The Balaban J connectivity index is 2.16. The highest BCUT2D eigenvalue weighted by molar-refractivity contribution is 7.87. The van der Waals surface area contributed by atoms with Crippen molar-refractivity contribution in [2.45, 2.75) is 13.0 Å². The fourth-order valence-electron chi connectivity index (χ4n) is 2.06. The molecule has 0 amide bonds. The Hall–Kier alpha value is -2.34. The number of nitrogens with zero attached hydrogens (tertiary/aromatic N) is 4. The molecule has 0 aliphatic rings. The zero-order chi connectivity index (χ0) is 15.8. The fraction of sp³-hybridized carbons (Fsp3) is 0.200. The Bertz CT molecular complexity index is 742. The number of benzene rings is 2. The SMILES string of the molecule is [N-]=[N+]=NS(=O)(=O)N(CCc1ccccc1)Cc1ccccc1. The maximum atomic E-state index is 12.1. The second kappa shape index (κ2) is 7.61. The van der Waals surface area contributed by atoms with Crippen LogP contribution in [0.3, 0.4) is 0 Å². The summed E-state index contributed by atoms with van der Waals surface area (Å²) < 4.78 is 28.3. The highest BCUT2D eigenvalue weighted by atomic mass is 32.2. The third kappa shape index (κ3) is 4.60. The topological polar surface area (TPSA) is 86.1 Å². The van der Waals surface area contributed by atoms with Crippen LogP contribution in [0.2, 0.25) is 0 Å². The summed E-state index contributed by atoms with van der Waals surface area (Å²) in [5.74, 6) is 0. The molecule has 0 atom stereocenters. The molecule has 0 aliphatic heterocycles. The van der Waals surface area contributed by atoms with Crippen molar-refractivity contribution < 1.29 is 8.42 Å². The third-order valence-corrected chi connectivity index (χ3v) is 4.40. The predicted octanol–water partition coefficient (Wildman–Crippen LogP) is 3.29. The first-order valence-corrected chi connectivity index (χ1v) is 8.16. The van der Waals surface area contributed by atoms with Gasteiger partial charge in [-0.25, -0.2) is 8.42 Å². The minimum Gasteiger partial charge on any atom is -0.204 e. The number of rotatable bonds is 7. The van der Waals surface area contributed by atoms with Crippen molar-refractivity contribution in [2.75, 3.05) is 6.54 Å². The maximum absolute atomic E-state index is 12.1. The molecule has 7 heteroatoms.